The Morgan fingerprint density at radius 1 is 1.30 bits per heavy atom. The average molecular weight is 315 g/mol. The van der Waals surface area contributed by atoms with Crippen molar-refractivity contribution in [2.45, 2.75) is 25.3 Å². The van der Waals surface area contributed by atoms with Crippen LogP contribution in [0.5, 0.6) is 0 Å². The summed E-state index contributed by atoms with van der Waals surface area (Å²) in [6.07, 6.45) is 2.35. The van der Waals surface area contributed by atoms with Gasteiger partial charge >= 0.3 is 0 Å². The van der Waals surface area contributed by atoms with E-state index in [9.17, 15) is 9.59 Å². The third kappa shape index (κ3) is 3.87. The van der Waals surface area contributed by atoms with Gasteiger partial charge in [0.1, 0.15) is 0 Å². The quantitative estimate of drug-likeness (QED) is 0.647. The van der Waals surface area contributed by atoms with Crippen molar-refractivity contribution in [2.75, 3.05) is 19.6 Å². The van der Waals surface area contributed by atoms with Crippen LogP contribution in [0.2, 0.25) is 0 Å². The molecule has 1 atom stereocenters. The third-order valence-electron chi connectivity index (χ3n) is 3.99. The molecule has 2 heterocycles. The minimum absolute atomic E-state index is 0.0362. The summed E-state index contributed by atoms with van der Waals surface area (Å²) < 4.78 is 0. The van der Waals surface area contributed by atoms with Crippen LogP contribution in [0.1, 0.15) is 29.8 Å². The van der Waals surface area contributed by atoms with Gasteiger partial charge in [0.05, 0.1) is 5.52 Å². The third-order valence-corrected chi connectivity index (χ3v) is 3.99. The molecular formula is C16H21N5O2. The first-order valence-corrected chi connectivity index (χ1v) is 7.95. The van der Waals surface area contributed by atoms with Crippen LogP contribution < -0.4 is 16.0 Å². The van der Waals surface area contributed by atoms with Gasteiger partial charge < -0.3 is 16.0 Å². The van der Waals surface area contributed by atoms with Crippen LogP contribution in [-0.2, 0) is 4.79 Å². The van der Waals surface area contributed by atoms with Gasteiger partial charge in [-0.15, -0.1) is 0 Å². The molecule has 1 aromatic heterocycles. The van der Waals surface area contributed by atoms with Gasteiger partial charge in [-0.1, -0.05) is 18.2 Å². The second-order valence-electron chi connectivity index (χ2n) is 5.73. The summed E-state index contributed by atoms with van der Waals surface area (Å²) >= 11 is 0. The number of rotatable bonds is 5. The molecule has 2 amide bonds. The van der Waals surface area contributed by atoms with Crippen molar-refractivity contribution >= 4 is 22.7 Å². The lowest BCUT2D eigenvalue weighted by Crippen LogP contribution is -2.46. The molecule has 1 fully saturated rings. The van der Waals surface area contributed by atoms with Crippen LogP contribution >= 0.6 is 0 Å². The number of para-hydroxylation sites is 1. The molecule has 0 unspecified atom stereocenters. The highest BCUT2D eigenvalue weighted by molar-refractivity contribution is 6.04. The standard InChI is InChI=1S/C16H21N5O2/c22-14(19-11-4-3-8-17-10-11)7-9-18-16(23)15-12-5-1-2-6-13(12)20-21-15/h1-2,5-6,11,17H,3-4,7-10H2,(H,18,23)(H,19,22)(H,20,21)/t11-/m0/s1. The van der Waals surface area contributed by atoms with E-state index < -0.39 is 0 Å². The predicted molar refractivity (Wildman–Crippen MR) is 87.1 cm³/mol. The van der Waals surface area contributed by atoms with Crippen molar-refractivity contribution in [3.05, 3.63) is 30.0 Å². The van der Waals surface area contributed by atoms with Crippen molar-refractivity contribution in [1.82, 2.24) is 26.1 Å². The van der Waals surface area contributed by atoms with Crippen LogP contribution in [0.3, 0.4) is 0 Å². The van der Waals surface area contributed by atoms with E-state index in [0.29, 0.717) is 12.2 Å². The lowest BCUT2D eigenvalue weighted by Gasteiger charge is -2.23. The fourth-order valence-corrected chi connectivity index (χ4v) is 2.78. The molecule has 1 aromatic carbocycles. The van der Waals surface area contributed by atoms with Crippen LogP contribution in [0, 0.1) is 0 Å². The summed E-state index contributed by atoms with van der Waals surface area (Å²) in [6, 6.07) is 7.65. The number of aromatic nitrogens is 2. The largest absolute Gasteiger partial charge is 0.352 e. The fraction of sp³-hybridized carbons (Fsp3) is 0.438. The highest BCUT2D eigenvalue weighted by atomic mass is 16.2. The number of hydrogen-bond donors (Lipinski definition) is 4. The maximum atomic E-state index is 12.2. The highest BCUT2D eigenvalue weighted by Gasteiger charge is 2.16. The zero-order valence-corrected chi connectivity index (χ0v) is 12.9. The van der Waals surface area contributed by atoms with E-state index in [4.69, 9.17) is 0 Å². The lowest BCUT2D eigenvalue weighted by molar-refractivity contribution is -0.121. The Hall–Kier alpha value is -2.41. The van der Waals surface area contributed by atoms with E-state index in [1.807, 2.05) is 24.3 Å². The second-order valence-corrected chi connectivity index (χ2v) is 5.73. The molecule has 1 aliphatic rings. The molecule has 0 saturated carbocycles. The van der Waals surface area contributed by atoms with Gasteiger partial charge in [0.15, 0.2) is 5.69 Å². The fourth-order valence-electron chi connectivity index (χ4n) is 2.78. The average Bonchev–Trinajstić information content (AvgIpc) is 3.00. The van der Waals surface area contributed by atoms with Crippen LogP contribution in [0.25, 0.3) is 10.9 Å². The van der Waals surface area contributed by atoms with Crippen LogP contribution in [0.4, 0.5) is 0 Å². The maximum Gasteiger partial charge on any atom is 0.272 e. The number of piperidine rings is 1. The first-order chi connectivity index (χ1) is 11.2. The number of H-pyrrole nitrogens is 1. The smallest absolute Gasteiger partial charge is 0.272 e. The number of benzene rings is 1. The van der Waals surface area contributed by atoms with E-state index in [-0.39, 0.29) is 24.3 Å². The summed E-state index contributed by atoms with van der Waals surface area (Å²) in [4.78, 5) is 24.0. The van der Waals surface area contributed by atoms with Gasteiger partial charge in [-0.05, 0) is 25.5 Å². The van der Waals surface area contributed by atoms with Crippen molar-refractivity contribution in [2.24, 2.45) is 0 Å². The van der Waals surface area contributed by atoms with Crippen molar-refractivity contribution < 1.29 is 9.59 Å². The van der Waals surface area contributed by atoms with Crippen LogP contribution in [0.15, 0.2) is 24.3 Å². The number of carbonyl (C=O) groups excluding carboxylic acids is 2. The van der Waals surface area contributed by atoms with Gasteiger partial charge in [0.25, 0.3) is 5.91 Å². The van der Waals surface area contributed by atoms with E-state index in [2.05, 4.69) is 26.1 Å². The first-order valence-electron chi connectivity index (χ1n) is 7.95. The molecule has 4 N–H and O–H groups in total. The molecule has 0 aliphatic carbocycles. The van der Waals surface area contributed by atoms with E-state index in [1.165, 1.54) is 0 Å². The zero-order valence-electron chi connectivity index (χ0n) is 12.9. The van der Waals surface area contributed by atoms with E-state index >= 15 is 0 Å². The molecule has 7 nitrogen and oxygen atoms in total. The van der Waals surface area contributed by atoms with Gasteiger partial charge in [0, 0.05) is 30.9 Å². The number of hydrogen-bond acceptors (Lipinski definition) is 4. The number of carbonyl (C=O) groups is 2. The Kier molecular flexibility index (Phi) is 4.87. The number of fused-ring (bicyclic) bond motifs is 1. The van der Waals surface area contributed by atoms with Gasteiger partial charge in [-0.2, -0.15) is 5.10 Å². The van der Waals surface area contributed by atoms with E-state index in [1.54, 1.807) is 0 Å². The minimum Gasteiger partial charge on any atom is -0.352 e. The highest BCUT2D eigenvalue weighted by Crippen LogP contribution is 2.14. The molecule has 2 aromatic rings. The molecule has 3 rings (SSSR count). The molecule has 7 heteroatoms. The SMILES string of the molecule is O=C(CCNC(=O)c1n[nH]c2ccccc12)N[C@H]1CCCNC1. The first kappa shape index (κ1) is 15.5. The number of aromatic amines is 1. The molecular weight excluding hydrogens is 294 g/mol. The number of amides is 2. The Balaban J connectivity index is 1.46. The Morgan fingerprint density at radius 3 is 3.00 bits per heavy atom. The maximum absolute atomic E-state index is 12.2. The molecule has 1 aliphatic heterocycles. The molecule has 0 radical (unpaired) electrons. The molecule has 1 saturated heterocycles. The Morgan fingerprint density at radius 2 is 2.17 bits per heavy atom. The zero-order chi connectivity index (χ0) is 16.1. The molecule has 122 valence electrons. The summed E-state index contributed by atoms with van der Waals surface area (Å²) in [7, 11) is 0. The summed E-state index contributed by atoms with van der Waals surface area (Å²) in [5.41, 5.74) is 1.18. The Bertz CT molecular complexity index is 691. The topological polar surface area (TPSA) is 98.9 Å². The number of nitrogens with zero attached hydrogens (tertiary/aromatic N) is 1. The summed E-state index contributed by atoms with van der Waals surface area (Å²) in [6.45, 7) is 2.13. The second kappa shape index (κ2) is 7.23. The summed E-state index contributed by atoms with van der Waals surface area (Å²) in [5, 5.41) is 16.6. The van der Waals surface area contributed by atoms with Crippen molar-refractivity contribution in [1.29, 1.82) is 0 Å². The van der Waals surface area contributed by atoms with Gasteiger partial charge in [-0.25, -0.2) is 0 Å². The predicted octanol–water partition coefficient (Wildman–Crippen LogP) is 0.551. The minimum atomic E-state index is -0.269. The number of nitrogens with one attached hydrogen (secondary N) is 4. The lowest BCUT2D eigenvalue weighted by atomic mass is 10.1. The monoisotopic (exact) mass is 315 g/mol. The molecule has 0 bridgehead atoms. The van der Waals surface area contributed by atoms with Crippen molar-refractivity contribution in [3.8, 4) is 0 Å². The Labute approximate surface area is 134 Å². The normalized spacial score (nSPS) is 17.8. The molecule has 23 heavy (non-hydrogen) atoms. The van der Waals surface area contributed by atoms with Gasteiger partial charge in [-0.3, -0.25) is 14.7 Å². The van der Waals surface area contributed by atoms with E-state index in [0.717, 1.165) is 36.8 Å². The molecule has 0 spiro atoms. The van der Waals surface area contributed by atoms with Crippen molar-refractivity contribution in [3.63, 3.8) is 0 Å². The summed E-state index contributed by atoms with van der Waals surface area (Å²) in [5.74, 6) is -0.305. The van der Waals surface area contributed by atoms with Gasteiger partial charge in [0.2, 0.25) is 5.91 Å². The van der Waals surface area contributed by atoms with Crippen LogP contribution in [-0.4, -0.2) is 47.7 Å².